The number of thiazole rings is 1. The van der Waals surface area contributed by atoms with Crippen LogP contribution < -0.4 is 0 Å². The van der Waals surface area contributed by atoms with Crippen LogP contribution in [0.25, 0.3) is 0 Å². The minimum atomic E-state index is -0.457. The molecule has 5 heteroatoms. The first-order chi connectivity index (χ1) is 10.0. The van der Waals surface area contributed by atoms with E-state index >= 15 is 0 Å². The molecule has 1 aromatic heterocycles. The van der Waals surface area contributed by atoms with Crippen molar-refractivity contribution < 1.29 is 9.18 Å². The van der Waals surface area contributed by atoms with E-state index in [9.17, 15) is 9.18 Å². The summed E-state index contributed by atoms with van der Waals surface area (Å²) in [6, 6.07) is 6.31. The predicted molar refractivity (Wildman–Crippen MR) is 80.6 cm³/mol. The van der Waals surface area contributed by atoms with E-state index in [1.165, 1.54) is 12.1 Å². The Hall–Kier alpha value is -1.75. The zero-order chi connectivity index (χ0) is 15.0. The second kappa shape index (κ2) is 5.22. The van der Waals surface area contributed by atoms with Gasteiger partial charge in [-0.25, -0.2) is 4.39 Å². The fourth-order valence-electron chi connectivity index (χ4n) is 2.66. The van der Waals surface area contributed by atoms with Gasteiger partial charge in [0.1, 0.15) is 5.82 Å². The lowest BCUT2D eigenvalue weighted by Gasteiger charge is -2.28. The van der Waals surface area contributed by atoms with Gasteiger partial charge in [-0.3, -0.25) is 9.78 Å². The highest BCUT2D eigenvalue weighted by Crippen LogP contribution is 2.50. The van der Waals surface area contributed by atoms with Gasteiger partial charge in [0, 0.05) is 18.1 Å². The maximum atomic E-state index is 13.1. The maximum Gasteiger partial charge on any atom is 0.233 e. The number of hydrogen-bond donors (Lipinski definition) is 0. The molecule has 1 amide bonds. The summed E-state index contributed by atoms with van der Waals surface area (Å²) in [5, 5.41) is 0. The fraction of sp³-hybridized carbons (Fsp3) is 0.375. The largest absolute Gasteiger partial charge is 0.337 e. The summed E-state index contributed by atoms with van der Waals surface area (Å²) in [7, 11) is 1.83. The quantitative estimate of drug-likeness (QED) is 0.865. The molecule has 1 aliphatic carbocycles. The smallest absolute Gasteiger partial charge is 0.233 e. The van der Waals surface area contributed by atoms with Gasteiger partial charge in [-0.2, -0.15) is 0 Å². The van der Waals surface area contributed by atoms with Crippen LogP contribution in [0.1, 0.15) is 36.2 Å². The van der Waals surface area contributed by atoms with Gasteiger partial charge in [-0.15, -0.1) is 11.3 Å². The van der Waals surface area contributed by atoms with E-state index in [2.05, 4.69) is 4.98 Å². The SMILES string of the molecule is CC(c1cncs1)N(C)C(=O)C1(c2ccc(F)cc2)CC1. The van der Waals surface area contributed by atoms with Crippen LogP contribution >= 0.6 is 11.3 Å². The van der Waals surface area contributed by atoms with Crippen molar-refractivity contribution in [1.29, 1.82) is 0 Å². The van der Waals surface area contributed by atoms with Gasteiger partial charge < -0.3 is 4.90 Å². The number of carbonyl (C=O) groups excluding carboxylic acids is 1. The van der Waals surface area contributed by atoms with E-state index in [1.54, 1.807) is 40.1 Å². The van der Waals surface area contributed by atoms with E-state index in [0.717, 1.165) is 23.3 Å². The van der Waals surface area contributed by atoms with Gasteiger partial charge in [0.25, 0.3) is 0 Å². The first-order valence-electron chi connectivity index (χ1n) is 6.96. The first kappa shape index (κ1) is 14.2. The van der Waals surface area contributed by atoms with E-state index in [4.69, 9.17) is 0 Å². The average molecular weight is 304 g/mol. The summed E-state index contributed by atoms with van der Waals surface area (Å²) in [5.41, 5.74) is 2.23. The molecule has 0 saturated heterocycles. The Morgan fingerprint density at radius 1 is 1.38 bits per heavy atom. The Bertz CT molecular complexity index is 635. The number of benzene rings is 1. The zero-order valence-corrected chi connectivity index (χ0v) is 12.9. The molecule has 1 aromatic carbocycles. The van der Waals surface area contributed by atoms with Crippen molar-refractivity contribution >= 4 is 17.2 Å². The van der Waals surface area contributed by atoms with Gasteiger partial charge in [0.05, 0.1) is 17.0 Å². The predicted octanol–water partition coefficient (Wildman–Crippen LogP) is 3.53. The second-order valence-corrected chi connectivity index (χ2v) is 6.50. The summed E-state index contributed by atoms with van der Waals surface area (Å²) >= 11 is 1.55. The summed E-state index contributed by atoms with van der Waals surface area (Å²) in [6.45, 7) is 2.01. The van der Waals surface area contributed by atoms with Gasteiger partial charge in [-0.05, 0) is 37.5 Å². The van der Waals surface area contributed by atoms with Crippen molar-refractivity contribution in [2.75, 3.05) is 7.05 Å². The zero-order valence-electron chi connectivity index (χ0n) is 12.0. The van der Waals surface area contributed by atoms with Crippen LogP contribution in [-0.4, -0.2) is 22.8 Å². The van der Waals surface area contributed by atoms with Gasteiger partial charge in [-0.1, -0.05) is 12.1 Å². The summed E-state index contributed by atoms with van der Waals surface area (Å²) in [5.74, 6) is -0.164. The van der Waals surface area contributed by atoms with Crippen molar-refractivity contribution in [1.82, 2.24) is 9.88 Å². The molecule has 1 heterocycles. The molecule has 110 valence electrons. The average Bonchev–Trinajstić information content (AvgIpc) is 3.12. The minimum Gasteiger partial charge on any atom is -0.337 e. The molecule has 1 aliphatic rings. The standard InChI is InChI=1S/C16H17FN2OS/c1-11(14-9-18-10-21-14)19(2)15(20)16(7-8-16)12-3-5-13(17)6-4-12/h3-6,9-11H,7-8H2,1-2H3. The number of likely N-dealkylation sites (N-methyl/N-ethyl adjacent to an activating group) is 1. The molecular weight excluding hydrogens is 287 g/mol. The molecule has 1 saturated carbocycles. The molecule has 1 fully saturated rings. The molecule has 1 atom stereocenters. The molecule has 0 spiro atoms. The normalized spacial score (nSPS) is 17.3. The van der Waals surface area contributed by atoms with Crippen molar-refractivity contribution in [2.45, 2.75) is 31.2 Å². The number of halogens is 1. The van der Waals surface area contributed by atoms with Crippen LogP contribution in [0, 0.1) is 5.82 Å². The number of amides is 1. The van der Waals surface area contributed by atoms with Gasteiger partial charge in [0.2, 0.25) is 5.91 Å². The molecular formula is C16H17FN2OS. The number of rotatable bonds is 4. The Balaban J connectivity index is 1.82. The van der Waals surface area contributed by atoms with E-state index in [1.807, 2.05) is 14.0 Å². The van der Waals surface area contributed by atoms with Crippen molar-refractivity contribution in [3.05, 3.63) is 52.2 Å². The number of aromatic nitrogens is 1. The first-order valence-corrected chi connectivity index (χ1v) is 7.84. The third kappa shape index (κ3) is 2.46. The lowest BCUT2D eigenvalue weighted by Crippen LogP contribution is -2.38. The van der Waals surface area contributed by atoms with Crippen LogP contribution in [0.2, 0.25) is 0 Å². The molecule has 2 aromatic rings. The Morgan fingerprint density at radius 3 is 2.57 bits per heavy atom. The highest BCUT2D eigenvalue weighted by molar-refractivity contribution is 7.09. The van der Waals surface area contributed by atoms with Crippen LogP contribution in [0.5, 0.6) is 0 Å². The number of hydrogen-bond acceptors (Lipinski definition) is 3. The number of carbonyl (C=O) groups is 1. The fourth-order valence-corrected chi connectivity index (χ4v) is 3.38. The Labute approximate surface area is 127 Å². The molecule has 1 unspecified atom stereocenters. The summed E-state index contributed by atoms with van der Waals surface area (Å²) in [6.07, 6.45) is 3.46. The van der Waals surface area contributed by atoms with E-state index in [-0.39, 0.29) is 17.8 Å². The monoisotopic (exact) mass is 304 g/mol. The van der Waals surface area contributed by atoms with Crippen molar-refractivity contribution in [2.24, 2.45) is 0 Å². The molecule has 0 radical (unpaired) electrons. The van der Waals surface area contributed by atoms with Gasteiger partial charge in [0.15, 0.2) is 0 Å². The summed E-state index contributed by atoms with van der Waals surface area (Å²) < 4.78 is 13.1. The number of nitrogens with zero attached hydrogens (tertiary/aromatic N) is 2. The maximum absolute atomic E-state index is 13.1. The summed E-state index contributed by atoms with van der Waals surface area (Å²) in [4.78, 5) is 19.8. The Kier molecular flexibility index (Phi) is 3.53. The molecule has 0 bridgehead atoms. The van der Waals surface area contributed by atoms with Crippen LogP contribution in [-0.2, 0) is 10.2 Å². The van der Waals surface area contributed by atoms with Crippen LogP contribution in [0.4, 0.5) is 4.39 Å². The van der Waals surface area contributed by atoms with E-state index < -0.39 is 5.41 Å². The molecule has 0 aliphatic heterocycles. The second-order valence-electron chi connectivity index (χ2n) is 5.58. The van der Waals surface area contributed by atoms with E-state index in [0.29, 0.717) is 0 Å². The molecule has 0 N–H and O–H groups in total. The third-order valence-electron chi connectivity index (χ3n) is 4.32. The lowest BCUT2D eigenvalue weighted by atomic mass is 9.94. The van der Waals surface area contributed by atoms with Crippen molar-refractivity contribution in [3.8, 4) is 0 Å². The topological polar surface area (TPSA) is 33.2 Å². The molecule has 21 heavy (non-hydrogen) atoms. The highest BCUT2D eigenvalue weighted by atomic mass is 32.1. The van der Waals surface area contributed by atoms with Crippen molar-refractivity contribution in [3.63, 3.8) is 0 Å². The van der Waals surface area contributed by atoms with Gasteiger partial charge >= 0.3 is 0 Å². The third-order valence-corrected chi connectivity index (χ3v) is 5.27. The lowest BCUT2D eigenvalue weighted by molar-refractivity contribution is -0.134. The molecule has 3 rings (SSSR count). The molecule has 3 nitrogen and oxygen atoms in total. The Morgan fingerprint density at radius 2 is 2.05 bits per heavy atom. The van der Waals surface area contributed by atoms with Crippen LogP contribution in [0.3, 0.4) is 0 Å². The highest BCUT2D eigenvalue weighted by Gasteiger charge is 2.53. The van der Waals surface area contributed by atoms with Crippen LogP contribution in [0.15, 0.2) is 36.0 Å². The minimum absolute atomic E-state index is 0.00271.